The summed E-state index contributed by atoms with van der Waals surface area (Å²) in [5.41, 5.74) is 2.98. The van der Waals surface area contributed by atoms with Gasteiger partial charge in [-0.25, -0.2) is 0 Å². The number of anilines is 2. The molecular weight excluding hydrogens is 390 g/mol. The summed E-state index contributed by atoms with van der Waals surface area (Å²) in [5, 5.41) is 8.83. The lowest BCUT2D eigenvalue weighted by atomic mass is 10.2. The van der Waals surface area contributed by atoms with Crippen LogP contribution in [-0.4, -0.2) is 24.5 Å². The molecule has 0 fully saturated rings. The van der Waals surface area contributed by atoms with Crippen molar-refractivity contribution in [1.82, 2.24) is 5.32 Å². The zero-order valence-electron chi connectivity index (χ0n) is 17.7. The van der Waals surface area contributed by atoms with E-state index in [9.17, 15) is 9.59 Å². The normalized spacial score (nSPS) is 10.4. The van der Waals surface area contributed by atoms with Crippen LogP contribution in [0.5, 0.6) is 5.75 Å². The van der Waals surface area contributed by atoms with Crippen molar-refractivity contribution in [2.75, 3.05) is 17.2 Å². The lowest BCUT2D eigenvalue weighted by molar-refractivity contribution is -0.119. The number of carbonyl (C=O) groups is 2. The Balaban J connectivity index is 1.46. The SMILES string of the molecule is CC(C)Oc1ccc(CNC(=O)CNc2cccc(NC(=O)c3ccccc3)c2)cc1. The molecule has 0 atom stereocenters. The predicted octanol–water partition coefficient (Wildman–Crippen LogP) is 4.45. The van der Waals surface area contributed by atoms with Gasteiger partial charge in [-0.15, -0.1) is 0 Å². The topological polar surface area (TPSA) is 79.5 Å². The summed E-state index contributed by atoms with van der Waals surface area (Å²) < 4.78 is 5.62. The van der Waals surface area contributed by atoms with Gasteiger partial charge < -0.3 is 20.7 Å². The van der Waals surface area contributed by atoms with Gasteiger partial charge in [0, 0.05) is 23.5 Å². The maximum Gasteiger partial charge on any atom is 0.255 e. The molecule has 31 heavy (non-hydrogen) atoms. The number of hydrogen-bond donors (Lipinski definition) is 3. The van der Waals surface area contributed by atoms with E-state index in [1.54, 1.807) is 24.3 Å². The molecular formula is C25H27N3O3. The van der Waals surface area contributed by atoms with Crippen LogP contribution in [-0.2, 0) is 11.3 Å². The van der Waals surface area contributed by atoms with Crippen LogP contribution in [0.3, 0.4) is 0 Å². The van der Waals surface area contributed by atoms with Crippen molar-refractivity contribution in [3.63, 3.8) is 0 Å². The Bertz CT molecular complexity index is 1000. The molecule has 3 rings (SSSR count). The summed E-state index contributed by atoms with van der Waals surface area (Å²) in [6.45, 7) is 4.53. The Morgan fingerprint density at radius 1 is 0.871 bits per heavy atom. The Morgan fingerprint density at radius 2 is 1.58 bits per heavy atom. The van der Waals surface area contributed by atoms with Crippen LogP contribution in [0.1, 0.15) is 29.8 Å². The minimum absolute atomic E-state index is 0.124. The van der Waals surface area contributed by atoms with Crippen LogP contribution >= 0.6 is 0 Å². The van der Waals surface area contributed by atoms with E-state index in [0.29, 0.717) is 17.8 Å². The van der Waals surface area contributed by atoms with Gasteiger partial charge in [-0.05, 0) is 61.9 Å². The minimum atomic E-state index is -0.180. The second-order valence-corrected chi connectivity index (χ2v) is 7.34. The smallest absolute Gasteiger partial charge is 0.255 e. The number of carbonyl (C=O) groups excluding carboxylic acids is 2. The number of rotatable bonds is 9. The molecule has 0 aromatic heterocycles. The molecule has 3 aromatic rings. The van der Waals surface area contributed by atoms with E-state index in [4.69, 9.17) is 4.74 Å². The molecule has 0 radical (unpaired) electrons. The summed E-state index contributed by atoms with van der Waals surface area (Å²) in [7, 11) is 0. The molecule has 0 saturated carbocycles. The van der Waals surface area contributed by atoms with Crippen LogP contribution in [0.4, 0.5) is 11.4 Å². The fraction of sp³-hybridized carbons (Fsp3) is 0.200. The quantitative estimate of drug-likeness (QED) is 0.480. The molecule has 6 nitrogen and oxygen atoms in total. The van der Waals surface area contributed by atoms with E-state index in [-0.39, 0.29) is 24.5 Å². The minimum Gasteiger partial charge on any atom is -0.491 e. The second kappa shape index (κ2) is 10.8. The fourth-order valence-electron chi connectivity index (χ4n) is 2.90. The van der Waals surface area contributed by atoms with Gasteiger partial charge in [0.2, 0.25) is 5.91 Å². The predicted molar refractivity (Wildman–Crippen MR) is 123 cm³/mol. The summed E-state index contributed by atoms with van der Waals surface area (Å²) in [5.74, 6) is 0.507. The highest BCUT2D eigenvalue weighted by Crippen LogP contribution is 2.16. The number of nitrogens with one attached hydrogen (secondary N) is 3. The van der Waals surface area contributed by atoms with E-state index < -0.39 is 0 Å². The molecule has 3 N–H and O–H groups in total. The molecule has 0 heterocycles. The molecule has 0 aliphatic carbocycles. The third-order valence-electron chi connectivity index (χ3n) is 4.39. The molecule has 160 valence electrons. The second-order valence-electron chi connectivity index (χ2n) is 7.34. The monoisotopic (exact) mass is 417 g/mol. The summed E-state index contributed by atoms with van der Waals surface area (Å²) >= 11 is 0. The maximum atomic E-state index is 12.3. The van der Waals surface area contributed by atoms with Gasteiger partial charge in [0.25, 0.3) is 5.91 Å². The van der Waals surface area contributed by atoms with E-state index in [0.717, 1.165) is 17.0 Å². The molecule has 0 aliphatic heterocycles. The largest absolute Gasteiger partial charge is 0.491 e. The van der Waals surface area contributed by atoms with Crippen LogP contribution in [0.25, 0.3) is 0 Å². The van der Waals surface area contributed by atoms with E-state index in [2.05, 4.69) is 16.0 Å². The Morgan fingerprint density at radius 3 is 2.29 bits per heavy atom. The zero-order chi connectivity index (χ0) is 22.1. The highest BCUT2D eigenvalue weighted by Gasteiger charge is 2.07. The summed E-state index contributed by atoms with van der Waals surface area (Å²) in [6, 6.07) is 23.9. The van der Waals surface area contributed by atoms with Crippen molar-refractivity contribution in [3.8, 4) is 5.75 Å². The van der Waals surface area contributed by atoms with E-state index in [1.165, 1.54) is 0 Å². The van der Waals surface area contributed by atoms with Crippen molar-refractivity contribution in [1.29, 1.82) is 0 Å². The molecule has 3 aromatic carbocycles. The average Bonchev–Trinajstić information content (AvgIpc) is 2.78. The first-order chi connectivity index (χ1) is 15.0. The Labute approximate surface area is 182 Å². The van der Waals surface area contributed by atoms with Gasteiger partial charge in [-0.1, -0.05) is 36.4 Å². The lowest BCUT2D eigenvalue weighted by Gasteiger charge is -2.11. The molecule has 0 unspecified atom stereocenters. The summed E-state index contributed by atoms with van der Waals surface area (Å²) in [4.78, 5) is 24.5. The first-order valence-electron chi connectivity index (χ1n) is 10.2. The first-order valence-corrected chi connectivity index (χ1v) is 10.2. The number of ether oxygens (including phenoxy) is 1. The van der Waals surface area contributed by atoms with Gasteiger partial charge in [-0.3, -0.25) is 9.59 Å². The highest BCUT2D eigenvalue weighted by molar-refractivity contribution is 6.04. The van der Waals surface area contributed by atoms with E-state index >= 15 is 0 Å². The number of amides is 2. The Hall–Kier alpha value is -3.80. The maximum absolute atomic E-state index is 12.3. The van der Waals surface area contributed by atoms with Crippen LogP contribution in [0.2, 0.25) is 0 Å². The molecule has 0 spiro atoms. The molecule has 2 amide bonds. The highest BCUT2D eigenvalue weighted by atomic mass is 16.5. The third-order valence-corrected chi connectivity index (χ3v) is 4.39. The van der Waals surface area contributed by atoms with Gasteiger partial charge in [0.05, 0.1) is 12.6 Å². The Kier molecular flexibility index (Phi) is 7.65. The van der Waals surface area contributed by atoms with Crippen molar-refractivity contribution < 1.29 is 14.3 Å². The fourth-order valence-corrected chi connectivity index (χ4v) is 2.90. The van der Waals surface area contributed by atoms with Gasteiger partial charge in [0.1, 0.15) is 5.75 Å². The van der Waals surface area contributed by atoms with Crippen LogP contribution in [0, 0.1) is 0 Å². The van der Waals surface area contributed by atoms with Crippen molar-refractivity contribution >= 4 is 23.2 Å². The molecule has 0 aliphatic rings. The standard InChI is InChI=1S/C25H27N3O3/c1-18(2)31-23-13-11-19(12-14-23)16-27-24(29)17-26-21-9-6-10-22(15-21)28-25(30)20-7-4-3-5-8-20/h3-15,18,26H,16-17H2,1-2H3,(H,27,29)(H,28,30). The van der Waals surface area contributed by atoms with Crippen LogP contribution < -0.4 is 20.7 Å². The van der Waals surface area contributed by atoms with Crippen molar-refractivity contribution in [2.24, 2.45) is 0 Å². The van der Waals surface area contributed by atoms with Crippen LogP contribution in [0.15, 0.2) is 78.9 Å². The van der Waals surface area contributed by atoms with Crippen molar-refractivity contribution in [2.45, 2.75) is 26.5 Å². The van der Waals surface area contributed by atoms with Crippen molar-refractivity contribution in [3.05, 3.63) is 90.0 Å². The van der Waals surface area contributed by atoms with E-state index in [1.807, 2.05) is 68.4 Å². The summed E-state index contributed by atoms with van der Waals surface area (Å²) in [6.07, 6.45) is 0.127. The lowest BCUT2D eigenvalue weighted by Crippen LogP contribution is -2.29. The molecule has 0 saturated heterocycles. The zero-order valence-corrected chi connectivity index (χ0v) is 17.7. The van der Waals surface area contributed by atoms with Gasteiger partial charge >= 0.3 is 0 Å². The first kappa shape index (κ1) is 21.9. The number of benzene rings is 3. The molecule has 0 bridgehead atoms. The number of hydrogen-bond acceptors (Lipinski definition) is 4. The third kappa shape index (κ3) is 7.19. The molecule has 6 heteroatoms. The van der Waals surface area contributed by atoms with Gasteiger partial charge in [-0.2, -0.15) is 0 Å². The van der Waals surface area contributed by atoms with Gasteiger partial charge in [0.15, 0.2) is 0 Å². The average molecular weight is 418 g/mol.